The molecule has 1 heterocycles. The lowest BCUT2D eigenvalue weighted by Crippen LogP contribution is -2.46. The summed E-state index contributed by atoms with van der Waals surface area (Å²) in [7, 11) is 1.64. The summed E-state index contributed by atoms with van der Waals surface area (Å²) in [6.45, 7) is 1.62. The van der Waals surface area contributed by atoms with E-state index in [4.69, 9.17) is 4.74 Å². The Morgan fingerprint density at radius 2 is 2.18 bits per heavy atom. The van der Waals surface area contributed by atoms with E-state index >= 15 is 0 Å². The molecule has 2 fully saturated rings. The second kappa shape index (κ2) is 7.84. The molecule has 148 valence electrons. The minimum Gasteiger partial charge on any atom is -0.496 e. The van der Waals surface area contributed by atoms with Crippen LogP contribution in [0, 0.1) is 22.7 Å². The number of hydrogen-bond acceptors (Lipinski definition) is 4. The Labute approximate surface area is 165 Å². The first kappa shape index (κ1) is 18.8. The smallest absolute Gasteiger partial charge is 0.267 e. The van der Waals surface area contributed by atoms with Crippen molar-refractivity contribution in [1.29, 1.82) is 5.26 Å². The van der Waals surface area contributed by atoms with Crippen molar-refractivity contribution < 1.29 is 9.53 Å². The molecule has 0 aliphatic heterocycles. The predicted octanol–water partition coefficient (Wildman–Crippen LogP) is 3.36. The monoisotopic (exact) mass is 380 g/mol. The van der Waals surface area contributed by atoms with Crippen LogP contribution in [0.15, 0.2) is 24.3 Å². The third kappa shape index (κ3) is 3.85. The number of hydrogen-bond donors (Lipinski definition) is 3. The third-order valence-corrected chi connectivity index (χ3v) is 6.27. The normalized spacial score (nSPS) is 23.1. The zero-order chi connectivity index (χ0) is 19.6. The van der Waals surface area contributed by atoms with Crippen molar-refractivity contribution in [3.8, 4) is 11.8 Å². The molecule has 2 atom stereocenters. The number of benzene rings is 1. The second-order valence-electron chi connectivity index (χ2n) is 8.25. The molecule has 1 aromatic heterocycles. The predicted molar refractivity (Wildman–Crippen MR) is 108 cm³/mol. The van der Waals surface area contributed by atoms with Crippen molar-refractivity contribution in [2.45, 2.75) is 44.6 Å². The average Bonchev–Trinajstić information content (AvgIpc) is 3.36. The molecular formula is C22H28N4O2. The van der Waals surface area contributed by atoms with Crippen LogP contribution in [0.2, 0.25) is 0 Å². The van der Waals surface area contributed by atoms with E-state index in [0.717, 1.165) is 61.8 Å². The van der Waals surface area contributed by atoms with Crippen molar-refractivity contribution in [3.05, 3.63) is 30.0 Å². The molecule has 0 spiro atoms. The van der Waals surface area contributed by atoms with Gasteiger partial charge in [0.2, 0.25) is 0 Å². The van der Waals surface area contributed by atoms with Crippen LogP contribution in [0.1, 0.15) is 49.0 Å². The maximum Gasteiger partial charge on any atom is 0.267 e. The Balaban J connectivity index is 1.39. The number of H-pyrrole nitrogens is 1. The number of fused-ring (bicyclic) bond motifs is 1. The van der Waals surface area contributed by atoms with Gasteiger partial charge in [0.25, 0.3) is 5.91 Å². The van der Waals surface area contributed by atoms with E-state index in [2.05, 4.69) is 21.7 Å². The first-order valence-corrected chi connectivity index (χ1v) is 10.2. The minimum absolute atomic E-state index is 0.0640. The van der Waals surface area contributed by atoms with Crippen LogP contribution in [-0.2, 0) is 0 Å². The second-order valence-corrected chi connectivity index (χ2v) is 8.25. The minimum atomic E-state index is -0.128. The van der Waals surface area contributed by atoms with E-state index in [1.807, 2.05) is 24.3 Å². The van der Waals surface area contributed by atoms with Gasteiger partial charge in [0.05, 0.1) is 18.6 Å². The van der Waals surface area contributed by atoms with E-state index in [9.17, 15) is 10.1 Å². The zero-order valence-corrected chi connectivity index (χ0v) is 16.4. The van der Waals surface area contributed by atoms with Gasteiger partial charge in [-0.1, -0.05) is 18.9 Å². The topological polar surface area (TPSA) is 89.9 Å². The van der Waals surface area contributed by atoms with Crippen LogP contribution in [0.3, 0.4) is 0 Å². The standard InChI is InChI=1S/C22H28N4O2/c1-28-20-8-4-7-18-16(20)11-19(25-18)21(27)26-17-6-3-2-5-15(17)12-24-14-22(13-23)9-10-22/h4,7-8,11,15,17,24-25H,2-3,5-6,9-10,12,14H2,1H3,(H,26,27)/t15-,17+/m1/s1. The van der Waals surface area contributed by atoms with Crippen molar-refractivity contribution in [2.75, 3.05) is 20.2 Å². The number of methoxy groups -OCH3 is 1. The Hall–Kier alpha value is -2.52. The molecule has 2 aliphatic rings. The Morgan fingerprint density at radius 3 is 2.93 bits per heavy atom. The molecule has 0 bridgehead atoms. The number of aromatic nitrogens is 1. The number of amides is 1. The molecule has 0 saturated heterocycles. The summed E-state index contributed by atoms with van der Waals surface area (Å²) in [6, 6.07) is 10.2. The molecule has 0 radical (unpaired) electrons. The van der Waals surface area contributed by atoms with Gasteiger partial charge in [0.1, 0.15) is 11.4 Å². The Morgan fingerprint density at radius 1 is 1.36 bits per heavy atom. The average molecular weight is 380 g/mol. The highest BCUT2D eigenvalue weighted by molar-refractivity contribution is 5.99. The first-order valence-electron chi connectivity index (χ1n) is 10.2. The maximum absolute atomic E-state index is 12.9. The molecule has 1 amide bonds. The van der Waals surface area contributed by atoms with Gasteiger partial charge >= 0.3 is 0 Å². The van der Waals surface area contributed by atoms with E-state index < -0.39 is 0 Å². The number of ether oxygens (including phenoxy) is 1. The SMILES string of the molecule is COc1cccc2[nH]c(C(=O)N[C@H]3CCCC[C@@H]3CNCC3(C#N)CC3)cc12. The molecule has 4 rings (SSSR count). The van der Waals surface area contributed by atoms with Gasteiger partial charge in [-0.3, -0.25) is 4.79 Å². The number of rotatable bonds is 7. The van der Waals surface area contributed by atoms with E-state index in [1.165, 1.54) is 6.42 Å². The lowest BCUT2D eigenvalue weighted by atomic mass is 9.84. The molecule has 28 heavy (non-hydrogen) atoms. The third-order valence-electron chi connectivity index (χ3n) is 6.27. The lowest BCUT2D eigenvalue weighted by molar-refractivity contribution is 0.0901. The molecule has 2 saturated carbocycles. The van der Waals surface area contributed by atoms with E-state index in [1.54, 1.807) is 7.11 Å². The van der Waals surface area contributed by atoms with Gasteiger partial charge in [-0.15, -0.1) is 0 Å². The Bertz CT molecular complexity index is 894. The quantitative estimate of drug-likeness (QED) is 0.687. The largest absolute Gasteiger partial charge is 0.496 e. The van der Waals surface area contributed by atoms with Gasteiger partial charge < -0.3 is 20.4 Å². The van der Waals surface area contributed by atoms with Crippen LogP contribution >= 0.6 is 0 Å². The highest BCUT2D eigenvalue weighted by atomic mass is 16.5. The van der Waals surface area contributed by atoms with Gasteiger partial charge in [0.15, 0.2) is 0 Å². The highest BCUT2D eigenvalue weighted by Crippen LogP contribution is 2.44. The van der Waals surface area contributed by atoms with Crippen molar-refractivity contribution in [2.24, 2.45) is 11.3 Å². The van der Waals surface area contributed by atoms with Gasteiger partial charge in [-0.05, 0) is 56.3 Å². The fourth-order valence-electron chi connectivity index (χ4n) is 4.29. The van der Waals surface area contributed by atoms with E-state index in [-0.39, 0.29) is 17.4 Å². The molecule has 0 unspecified atom stereocenters. The molecular weight excluding hydrogens is 352 g/mol. The fourth-order valence-corrected chi connectivity index (χ4v) is 4.29. The summed E-state index contributed by atoms with van der Waals surface area (Å²) in [5.74, 6) is 1.11. The van der Waals surface area contributed by atoms with Crippen LogP contribution in [0.5, 0.6) is 5.75 Å². The van der Waals surface area contributed by atoms with Gasteiger partial charge in [-0.25, -0.2) is 0 Å². The lowest BCUT2D eigenvalue weighted by Gasteiger charge is -2.32. The van der Waals surface area contributed by atoms with Crippen molar-refractivity contribution in [1.82, 2.24) is 15.6 Å². The van der Waals surface area contributed by atoms with Crippen LogP contribution in [-0.4, -0.2) is 37.1 Å². The van der Waals surface area contributed by atoms with Crippen LogP contribution in [0.25, 0.3) is 10.9 Å². The maximum atomic E-state index is 12.9. The summed E-state index contributed by atoms with van der Waals surface area (Å²) in [6.07, 6.45) is 6.47. The van der Waals surface area contributed by atoms with Crippen LogP contribution < -0.4 is 15.4 Å². The summed E-state index contributed by atoms with van der Waals surface area (Å²) in [5, 5.41) is 16.9. The summed E-state index contributed by atoms with van der Waals surface area (Å²) < 4.78 is 5.39. The van der Waals surface area contributed by atoms with Crippen molar-refractivity contribution in [3.63, 3.8) is 0 Å². The van der Waals surface area contributed by atoms with E-state index in [0.29, 0.717) is 11.6 Å². The summed E-state index contributed by atoms with van der Waals surface area (Å²) >= 11 is 0. The summed E-state index contributed by atoms with van der Waals surface area (Å²) in [4.78, 5) is 16.1. The molecule has 1 aromatic carbocycles. The molecule has 3 N–H and O–H groups in total. The number of aromatic amines is 1. The van der Waals surface area contributed by atoms with Crippen molar-refractivity contribution >= 4 is 16.8 Å². The molecule has 2 aromatic rings. The number of carbonyl (C=O) groups is 1. The molecule has 2 aliphatic carbocycles. The Kier molecular flexibility index (Phi) is 5.27. The number of carbonyl (C=O) groups excluding carboxylic acids is 1. The molecule has 6 nitrogen and oxygen atoms in total. The number of nitriles is 1. The fraction of sp³-hybridized carbons (Fsp3) is 0.545. The first-order chi connectivity index (χ1) is 13.6. The number of nitrogens with one attached hydrogen (secondary N) is 3. The van der Waals surface area contributed by atoms with Gasteiger partial charge in [-0.2, -0.15) is 5.26 Å². The zero-order valence-electron chi connectivity index (χ0n) is 16.4. The number of nitrogens with zero attached hydrogens (tertiary/aromatic N) is 1. The summed E-state index contributed by atoms with van der Waals surface area (Å²) in [5.41, 5.74) is 1.34. The highest BCUT2D eigenvalue weighted by Gasteiger charge is 2.42. The molecule has 6 heteroatoms. The van der Waals surface area contributed by atoms with Gasteiger partial charge in [0, 0.05) is 23.5 Å². The van der Waals surface area contributed by atoms with Crippen LogP contribution in [0.4, 0.5) is 0 Å².